The normalized spacial score (nSPS) is 61.2. The van der Waals surface area contributed by atoms with Gasteiger partial charge in [-0.15, -0.1) is 0 Å². The Hall–Kier alpha value is -0.570. The molecule has 1 N–H and O–H groups in total. The van der Waals surface area contributed by atoms with Gasteiger partial charge in [-0.1, -0.05) is 20.8 Å². The Balaban J connectivity index is 1.50. The smallest absolute Gasteiger partial charge is 0.302 e. The minimum Gasteiger partial charge on any atom is -0.462 e. The monoisotopic (exact) mass is 346 g/mol. The van der Waals surface area contributed by atoms with Crippen molar-refractivity contribution in [3.05, 3.63) is 0 Å². The summed E-state index contributed by atoms with van der Waals surface area (Å²) in [5, 5.41) is 10.4. The van der Waals surface area contributed by atoms with Gasteiger partial charge in [-0.2, -0.15) is 0 Å². The van der Waals surface area contributed by atoms with Gasteiger partial charge in [0.05, 0.1) is 6.61 Å². The molecule has 6 aliphatic rings. The van der Waals surface area contributed by atoms with E-state index in [-0.39, 0.29) is 24.1 Å². The number of carbonyl (C=O) groups excluding carboxylic acids is 1. The van der Waals surface area contributed by atoms with Crippen molar-refractivity contribution in [2.24, 2.45) is 45.3 Å². The third-order valence-corrected chi connectivity index (χ3v) is 10.3. The molecule has 140 valence electrons. The Labute approximate surface area is 151 Å². The summed E-state index contributed by atoms with van der Waals surface area (Å²) in [5.74, 6) is 3.08. The van der Waals surface area contributed by atoms with Crippen LogP contribution in [0, 0.1) is 45.3 Å². The maximum Gasteiger partial charge on any atom is 0.302 e. The lowest BCUT2D eigenvalue weighted by Gasteiger charge is -2.66. The van der Waals surface area contributed by atoms with E-state index >= 15 is 0 Å². The summed E-state index contributed by atoms with van der Waals surface area (Å²) < 4.78 is 5.71. The van der Waals surface area contributed by atoms with Gasteiger partial charge in [-0.3, -0.25) is 4.79 Å². The molecule has 3 heteroatoms. The van der Waals surface area contributed by atoms with Crippen LogP contribution in [0.15, 0.2) is 0 Å². The predicted molar refractivity (Wildman–Crippen MR) is 95.7 cm³/mol. The number of hydrogen-bond acceptors (Lipinski definition) is 3. The van der Waals surface area contributed by atoms with Gasteiger partial charge in [-0.05, 0) is 84.9 Å². The Bertz CT molecular complexity index is 631. The molecule has 25 heavy (non-hydrogen) atoms. The highest BCUT2D eigenvalue weighted by atomic mass is 16.5. The van der Waals surface area contributed by atoms with E-state index in [4.69, 9.17) is 4.74 Å². The van der Waals surface area contributed by atoms with E-state index < -0.39 is 0 Å². The first-order chi connectivity index (χ1) is 11.7. The first-order valence-electron chi connectivity index (χ1n) is 10.5. The van der Waals surface area contributed by atoms with Crippen LogP contribution in [0.25, 0.3) is 0 Å². The molecule has 0 aromatic carbocycles. The number of ether oxygens (including phenoxy) is 1. The summed E-state index contributed by atoms with van der Waals surface area (Å²) in [7, 11) is 0. The largest absolute Gasteiger partial charge is 0.462 e. The minimum absolute atomic E-state index is 0.119. The maximum absolute atomic E-state index is 11.6. The van der Waals surface area contributed by atoms with Gasteiger partial charge >= 0.3 is 5.97 Å². The lowest BCUT2D eigenvalue weighted by Crippen LogP contribution is -2.62. The summed E-state index contributed by atoms with van der Waals surface area (Å²) in [6, 6.07) is 0. The molecule has 0 amide bonds. The van der Waals surface area contributed by atoms with Crippen LogP contribution in [0.3, 0.4) is 0 Å². The molecule has 4 bridgehead atoms. The minimum atomic E-state index is -0.284. The zero-order valence-corrected chi connectivity index (χ0v) is 16.3. The number of carbonyl (C=O) groups is 1. The van der Waals surface area contributed by atoms with Crippen LogP contribution >= 0.6 is 0 Å². The van der Waals surface area contributed by atoms with Gasteiger partial charge in [0.15, 0.2) is 0 Å². The Kier molecular flexibility index (Phi) is 3.08. The molecule has 0 aromatic rings. The van der Waals surface area contributed by atoms with Crippen LogP contribution in [0.5, 0.6) is 0 Å². The molecule has 0 heterocycles. The summed E-state index contributed by atoms with van der Waals surface area (Å²) in [5.41, 5.74) is 1.29. The van der Waals surface area contributed by atoms with Gasteiger partial charge in [0, 0.05) is 12.3 Å². The van der Waals surface area contributed by atoms with E-state index in [9.17, 15) is 9.90 Å². The number of rotatable bonds is 2. The molecule has 1 spiro atoms. The van der Waals surface area contributed by atoms with Crippen LogP contribution in [0.1, 0.15) is 72.6 Å². The van der Waals surface area contributed by atoms with Crippen molar-refractivity contribution < 1.29 is 14.6 Å². The van der Waals surface area contributed by atoms with E-state index in [0.29, 0.717) is 22.2 Å². The van der Waals surface area contributed by atoms with Crippen LogP contribution in [0.4, 0.5) is 0 Å². The van der Waals surface area contributed by atoms with E-state index in [1.807, 2.05) is 0 Å². The molecule has 0 saturated heterocycles. The molecule has 0 aliphatic heterocycles. The fourth-order valence-electron chi connectivity index (χ4n) is 9.24. The van der Waals surface area contributed by atoms with Crippen molar-refractivity contribution in [1.29, 1.82) is 0 Å². The van der Waals surface area contributed by atoms with Crippen LogP contribution in [0.2, 0.25) is 0 Å². The molecular weight excluding hydrogens is 312 g/mol. The summed E-state index contributed by atoms with van der Waals surface area (Å²) in [6.45, 7) is 8.91. The molecule has 3 nitrogen and oxygen atoms in total. The van der Waals surface area contributed by atoms with Crippen LogP contribution < -0.4 is 0 Å². The van der Waals surface area contributed by atoms with E-state index in [1.165, 1.54) is 39.0 Å². The standard InChI is InChI=1S/C22H34O3/c1-13(24)25-18-6-7-19(2)16(21(18,4)12-23)5-8-22-10-15-14(9-17(19)22)20(15,3)11-22/h14-18,23H,5-12H2,1-4H3/t14-,15-,16+,17+,18-,19-,20+,21-,22+/m1/s1. The number of aliphatic hydroxyl groups excluding tert-OH is 1. The van der Waals surface area contributed by atoms with Crippen molar-refractivity contribution in [2.45, 2.75) is 78.7 Å². The van der Waals surface area contributed by atoms with Crippen molar-refractivity contribution in [1.82, 2.24) is 0 Å². The second kappa shape index (κ2) is 4.64. The van der Waals surface area contributed by atoms with E-state index in [0.717, 1.165) is 30.6 Å². The number of aliphatic hydroxyl groups is 1. The average Bonchev–Trinajstić information content (AvgIpc) is 3.00. The Morgan fingerprint density at radius 2 is 1.84 bits per heavy atom. The second-order valence-electron chi connectivity index (χ2n) is 11.1. The third-order valence-electron chi connectivity index (χ3n) is 10.3. The number of esters is 1. The fraction of sp³-hybridized carbons (Fsp3) is 0.955. The van der Waals surface area contributed by atoms with Crippen molar-refractivity contribution in [3.63, 3.8) is 0 Å². The van der Waals surface area contributed by atoms with Crippen molar-refractivity contribution in [3.8, 4) is 0 Å². The molecule has 0 aromatic heterocycles. The highest BCUT2D eigenvalue weighted by Gasteiger charge is 2.78. The molecule has 0 unspecified atom stereocenters. The SMILES string of the molecule is CC(=O)O[C@@H]1CC[C@]2(C)[C@H](CC[C@@]34C[C@@H]5[C@@H](C[C@H]32)[C@]5(C)C4)[C@@]1(C)CO. The molecule has 6 fully saturated rings. The lowest BCUT2D eigenvalue weighted by molar-refractivity contribution is -0.216. The van der Waals surface area contributed by atoms with Gasteiger partial charge in [0.2, 0.25) is 0 Å². The molecule has 6 rings (SSSR count). The number of hydrogen-bond donors (Lipinski definition) is 1. The summed E-state index contributed by atoms with van der Waals surface area (Å²) in [4.78, 5) is 11.6. The summed E-state index contributed by atoms with van der Waals surface area (Å²) in [6.07, 6.45) is 8.86. The highest BCUT2D eigenvalue weighted by molar-refractivity contribution is 5.66. The second-order valence-corrected chi connectivity index (χ2v) is 11.1. The molecular formula is C22H34O3. The molecule has 0 radical (unpaired) electrons. The van der Waals surface area contributed by atoms with Gasteiger partial charge in [0.25, 0.3) is 0 Å². The first-order valence-corrected chi connectivity index (χ1v) is 10.5. The average molecular weight is 347 g/mol. The fourth-order valence-corrected chi connectivity index (χ4v) is 9.24. The van der Waals surface area contributed by atoms with E-state index in [1.54, 1.807) is 0 Å². The zero-order chi connectivity index (χ0) is 17.8. The number of fused-ring (bicyclic) bond motifs is 1. The van der Waals surface area contributed by atoms with Gasteiger partial charge in [0.1, 0.15) is 6.10 Å². The van der Waals surface area contributed by atoms with Crippen LogP contribution in [-0.2, 0) is 9.53 Å². The third kappa shape index (κ3) is 1.79. The highest BCUT2D eigenvalue weighted by Crippen LogP contribution is 2.85. The molecule has 9 atom stereocenters. The first kappa shape index (κ1) is 16.6. The maximum atomic E-state index is 11.6. The van der Waals surface area contributed by atoms with E-state index in [2.05, 4.69) is 20.8 Å². The zero-order valence-electron chi connectivity index (χ0n) is 16.3. The Morgan fingerprint density at radius 1 is 1.08 bits per heavy atom. The Morgan fingerprint density at radius 3 is 2.44 bits per heavy atom. The quantitative estimate of drug-likeness (QED) is 0.763. The summed E-state index contributed by atoms with van der Waals surface area (Å²) >= 11 is 0. The molecule has 6 saturated carbocycles. The lowest BCUT2D eigenvalue weighted by atomic mass is 9.39. The molecule has 6 aliphatic carbocycles. The van der Waals surface area contributed by atoms with Crippen molar-refractivity contribution >= 4 is 5.97 Å². The van der Waals surface area contributed by atoms with Crippen molar-refractivity contribution in [2.75, 3.05) is 6.61 Å². The van der Waals surface area contributed by atoms with Gasteiger partial charge in [-0.25, -0.2) is 0 Å². The topological polar surface area (TPSA) is 46.5 Å². The van der Waals surface area contributed by atoms with Gasteiger partial charge < -0.3 is 9.84 Å². The van der Waals surface area contributed by atoms with Crippen LogP contribution in [-0.4, -0.2) is 23.8 Å². The predicted octanol–water partition coefficient (Wildman–Crippen LogP) is 4.18.